The first-order valence-corrected chi connectivity index (χ1v) is 12.9. The molecule has 2 atom stereocenters. The van der Waals surface area contributed by atoms with Gasteiger partial charge in [0.1, 0.15) is 11.0 Å². The fourth-order valence-electron chi connectivity index (χ4n) is 3.83. The number of hydrogen-bond acceptors (Lipinski definition) is 10. The monoisotopic (exact) mass is 534 g/mol. The standard InChI is InChI=1S/C11H15BClNO2.C9H13BN2O3.C4H9NO/c1-10(2)11(3,4)16-12(15-10)8-5-6-9(13)14-7-8;13-8-3-4-12(6-8)9-2-1-7(5-11-9)10(14)15;6-4-1-2-5-3-4/h5-7H,1-4H3;1-2,5,8,13-15H,3-4,6H2;4-6H,1-3H2. The molecule has 3 fully saturated rings. The molecule has 0 aromatic carbocycles. The zero-order valence-corrected chi connectivity index (χ0v) is 22.6. The van der Waals surface area contributed by atoms with Crippen LogP contribution in [0.2, 0.25) is 5.15 Å². The summed E-state index contributed by atoms with van der Waals surface area (Å²) in [5.74, 6) is 0.760. The van der Waals surface area contributed by atoms with E-state index in [0.717, 1.165) is 43.8 Å². The Labute approximate surface area is 224 Å². The molecule has 0 spiro atoms. The lowest BCUT2D eigenvalue weighted by molar-refractivity contribution is 0.00578. The Hall–Kier alpha value is -1.76. The molecule has 202 valence electrons. The van der Waals surface area contributed by atoms with E-state index in [9.17, 15) is 5.11 Å². The summed E-state index contributed by atoms with van der Waals surface area (Å²) in [6.07, 6.45) is 4.46. The van der Waals surface area contributed by atoms with Gasteiger partial charge in [-0.15, -0.1) is 0 Å². The van der Waals surface area contributed by atoms with Gasteiger partial charge in [0, 0.05) is 43.0 Å². The largest absolute Gasteiger partial charge is 0.496 e. The maximum absolute atomic E-state index is 9.35. The van der Waals surface area contributed by atoms with Crippen molar-refractivity contribution < 1.29 is 29.6 Å². The molecule has 2 unspecified atom stereocenters. The third-order valence-electron chi connectivity index (χ3n) is 6.87. The fourth-order valence-corrected chi connectivity index (χ4v) is 3.94. The molecule has 0 radical (unpaired) electrons. The first-order valence-electron chi connectivity index (χ1n) is 12.5. The van der Waals surface area contributed by atoms with Crippen molar-refractivity contribution >= 4 is 42.6 Å². The molecule has 37 heavy (non-hydrogen) atoms. The Balaban J connectivity index is 0.000000169. The average Bonchev–Trinajstić information content (AvgIpc) is 3.55. The van der Waals surface area contributed by atoms with E-state index in [1.54, 1.807) is 24.4 Å². The second-order valence-corrected chi connectivity index (χ2v) is 10.7. The van der Waals surface area contributed by atoms with Gasteiger partial charge in [-0.3, -0.25) is 0 Å². The Kier molecular flexibility index (Phi) is 10.4. The molecule has 5 rings (SSSR count). The molecule has 13 heteroatoms. The second-order valence-electron chi connectivity index (χ2n) is 10.4. The average molecular weight is 535 g/mol. The van der Waals surface area contributed by atoms with Crippen LogP contribution in [0.25, 0.3) is 0 Å². The third kappa shape index (κ3) is 8.36. The van der Waals surface area contributed by atoms with E-state index in [4.69, 9.17) is 36.1 Å². The number of hydrogen-bond donors (Lipinski definition) is 5. The Morgan fingerprint density at radius 3 is 2.11 bits per heavy atom. The molecule has 2 aromatic rings. The van der Waals surface area contributed by atoms with Crippen molar-refractivity contribution in [3.8, 4) is 0 Å². The lowest BCUT2D eigenvalue weighted by Crippen LogP contribution is -2.41. The van der Waals surface area contributed by atoms with E-state index in [1.165, 1.54) is 6.20 Å². The third-order valence-corrected chi connectivity index (χ3v) is 7.09. The number of nitrogens with one attached hydrogen (secondary N) is 1. The van der Waals surface area contributed by atoms with E-state index in [0.29, 0.717) is 17.2 Å². The van der Waals surface area contributed by atoms with Crippen LogP contribution in [-0.4, -0.2) is 94.1 Å². The lowest BCUT2D eigenvalue weighted by Gasteiger charge is -2.32. The molecule has 0 amide bonds. The van der Waals surface area contributed by atoms with E-state index in [-0.39, 0.29) is 30.5 Å². The van der Waals surface area contributed by atoms with Crippen LogP contribution in [0.1, 0.15) is 40.5 Å². The molecular formula is C24H37B2ClN4O6. The Bertz CT molecular complexity index is 962. The minimum absolute atomic E-state index is 0.0648. The van der Waals surface area contributed by atoms with Gasteiger partial charge in [-0.2, -0.15) is 0 Å². The van der Waals surface area contributed by atoms with Crippen LogP contribution < -0.4 is 21.1 Å². The number of aliphatic hydroxyl groups is 2. The van der Waals surface area contributed by atoms with Gasteiger partial charge in [0.15, 0.2) is 0 Å². The van der Waals surface area contributed by atoms with E-state index < -0.39 is 7.12 Å². The predicted molar refractivity (Wildman–Crippen MR) is 145 cm³/mol. The van der Waals surface area contributed by atoms with E-state index in [1.807, 2.05) is 38.7 Å². The zero-order chi connectivity index (χ0) is 27.2. The van der Waals surface area contributed by atoms with Gasteiger partial charge in [0.25, 0.3) is 0 Å². The summed E-state index contributed by atoms with van der Waals surface area (Å²) in [5, 5.41) is 39.3. The topological polar surface area (TPSA) is 140 Å². The minimum Gasteiger partial charge on any atom is -0.423 e. The summed E-state index contributed by atoms with van der Waals surface area (Å²) < 4.78 is 11.8. The van der Waals surface area contributed by atoms with Gasteiger partial charge >= 0.3 is 14.2 Å². The van der Waals surface area contributed by atoms with Crippen LogP contribution in [0.15, 0.2) is 36.7 Å². The van der Waals surface area contributed by atoms with Crippen molar-refractivity contribution in [1.82, 2.24) is 15.3 Å². The number of β-amino-alcohol motifs (C(OH)–C–C–N with tert-alkyl or cyclic N) is 2. The van der Waals surface area contributed by atoms with Crippen molar-refractivity contribution in [2.75, 3.05) is 31.1 Å². The molecule has 2 aromatic heterocycles. The highest BCUT2D eigenvalue weighted by molar-refractivity contribution is 6.62. The number of pyridine rings is 2. The summed E-state index contributed by atoms with van der Waals surface area (Å²) in [5.41, 5.74) is 0.621. The van der Waals surface area contributed by atoms with Crippen LogP contribution >= 0.6 is 11.6 Å². The quantitative estimate of drug-likeness (QED) is 0.264. The molecule has 0 bridgehead atoms. The molecule has 10 nitrogen and oxygen atoms in total. The van der Waals surface area contributed by atoms with Crippen LogP contribution in [0.4, 0.5) is 5.82 Å². The summed E-state index contributed by atoms with van der Waals surface area (Å²) in [6.45, 7) is 11.3. The van der Waals surface area contributed by atoms with Crippen molar-refractivity contribution in [2.24, 2.45) is 0 Å². The number of aromatic nitrogens is 2. The maximum atomic E-state index is 9.35. The van der Waals surface area contributed by atoms with E-state index in [2.05, 4.69) is 15.3 Å². The number of halogens is 1. The Morgan fingerprint density at radius 2 is 1.70 bits per heavy atom. The van der Waals surface area contributed by atoms with Crippen molar-refractivity contribution in [3.05, 3.63) is 41.8 Å². The highest BCUT2D eigenvalue weighted by atomic mass is 35.5. The van der Waals surface area contributed by atoms with Gasteiger partial charge in [-0.25, -0.2) is 9.97 Å². The van der Waals surface area contributed by atoms with Gasteiger partial charge in [-0.1, -0.05) is 23.7 Å². The number of aliphatic hydroxyl groups excluding tert-OH is 2. The predicted octanol–water partition coefficient (Wildman–Crippen LogP) is -0.293. The van der Waals surface area contributed by atoms with Gasteiger partial charge < -0.3 is 39.8 Å². The maximum Gasteiger partial charge on any atom is 0.496 e. The normalized spacial score (nSPS) is 23.7. The van der Waals surface area contributed by atoms with Crippen molar-refractivity contribution in [3.63, 3.8) is 0 Å². The summed E-state index contributed by atoms with van der Waals surface area (Å²) >= 11 is 5.74. The number of anilines is 1. The molecule has 5 N–H and O–H groups in total. The molecular weight excluding hydrogens is 497 g/mol. The number of rotatable bonds is 3. The SMILES string of the molecule is CC1(C)OB(c2ccc(Cl)nc2)OC1(C)C.OB(O)c1ccc(N2CCC(O)C2)nc1.OC1CCNC1. The summed E-state index contributed by atoms with van der Waals surface area (Å²) in [6, 6.07) is 6.96. The van der Waals surface area contributed by atoms with Crippen LogP contribution in [-0.2, 0) is 9.31 Å². The minimum atomic E-state index is -1.48. The van der Waals surface area contributed by atoms with E-state index >= 15 is 0 Å². The van der Waals surface area contributed by atoms with Crippen LogP contribution in [0.5, 0.6) is 0 Å². The fraction of sp³-hybridized carbons (Fsp3) is 0.583. The highest BCUT2D eigenvalue weighted by Crippen LogP contribution is 2.36. The van der Waals surface area contributed by atoms with Crippen LogP contribution in [0.3, 0.4) is 0 Å². The van der Waals surface area contributed by atoms with Crippen LogP contribution in [0, 0.1) is 0 Å². The van der Waals surface area contributed by atoms with Crippen molar-refractivity contribution in [2.45, 2.75) is 63.9 Å². The molecule has 0 saturated carbocycles. The summed E-state index contributed by atoms with van der Waals surface area (Å²) in [4.78, 5) is 10.1. The Morgan fingerprint density at radius 1 is 1.00 bits per heavy atom. The van der Waals surface area contributed by atoms with Crippen molar-refractivity contribution in [1.29, 1.82) is 0 Å². The molecule has 0 aliphatic carbocycles. The van der Waals surface area contributed by atoms with Gasteiger partial charge in [0.2, 0.25) is 0 Å². The zero-order valence-electron chi connectivity index (χ0n) is 21.8. The number of nitrogens with zero attached hydrogens (tertiary/aromatic N) is 3. The van der Waals surface area contributed by atoms with Gasteiger partial charge in [0.05, 0.1) is 23.4 Å². The molecule has 3 aliphatic rings. The lowest BCUT2D eigenvalue weighted by atomic mass is 9.80. The summed E-state index contributed by atoms with van der Waals surface area (Å²) in [7, 11) is -1.84. The molecule has 3 aliphatic heterocycles. The van der Waals surface area contributed by atoms with Gasteiger partial charge in [-0.05, 0) is 59.2 Å². The highest BCUT2D eigenvalue weighted by Gasteiger charge is 2.51. The smallest absolute Gasteiger partial charge is 0.423 e. The molecule has 3 saturated heterocycles. The second kappa shape index (κ2) is 12.9. The first kappa shape index (κ1) is 29.8. The first-order chi connectivity index (χ1) is 17.4. The molecule has 5 heterocycles.